The van der Waals surface area contributed by atoms with Crippen LogP contribution in [-0.4, -0.2) is 21.6 Å². The molecular weight excluding hydrogens is 242 g/mol. The van der Waals surface area contributed by atoms with Crippen molar-refractivity contribution in [1.82, 2.24) is 0 Å². The van der Waals surface area contributed by atoms with Crippen LogP contribution in [-0.2, 0) is 11.8 Å². The maximum absolute atomic E-state index is 9.67. The SMILES string of the molecule is CC(C)S[C@@H]1Cc2ccc(O)cc2C(C)(C)[C@H]1N. The number of thioether (sulfide) groups is 1. The van der Waals surface area contributed by atoms with Gasteiger partial charge in [-0.15, -0.1) is 0 Å². The van der Waals surface area contributed by atoms with Crippen LogP contribution in [0.15, 0.2) is 18.2 Å². The fourth-order valence-corrected chi connectivity index (χ4v) is 4.30. The fraction of sp³-hybridized carbons (Fsp3) is 0.600. The van der Waals surface area contributed by atoms with E-state index in [1.807, 2.05) is 23.9 Å². The fourth-order valence-electron chi connectivity index (χ4n) is 2.81. The second-order valence-electron chi connectivity index (χ2n) is 6.02. The molecular formula is C15H23NOS. The number of hydrogen-bond donors (Lipinski definition) is 2. The molecule has 0 radical (unpaired) electrons. The van der Waals surface area contributed by atoms with Gasteiger partial charge in [-0.3, -0.25) is 0 Å². The van der Waals surface area contributed by atoms with Crippen LogP contribution >= 0.6 is 11.8 Å². The van der Waals surface area contributed by atoms with Crippen LogP contribution < -0.4 is 5.73 Å². The second kappa shape index (κ2) is 4.78. The van der Waals surface area contributed by atoms with E-state index >= 15 is 0 Å². The Hall–Kier alpha value is -0.670. The van der Waals surface area contributed by atoms with Crippen molar-refractivity contribution in [3.05, 3.63) is 29.3 Å². The number of phenols is 1. The first-order valence-corrected chi connectivity index (χ1v) is 7.50. The molecule has 3 heteroatoms. The van der Waals surface area contributed by atoms with Crippen LogP contribution in [0.2, 0.25) is 0 Å². The summed E-state index contributed by atoms with van der Waals surface area (Å²) in [4.78, 5) is 0. The smallest absolute Gasteiger partial charge is 0.115 e. The van der Waals surface area contributed by atoms with Crippen LogP contribution in [0.4, 0.5) is 0 Å². The maximum atomic E-state index is 9.67. The van der Waals surface area contributed by atoms with Crippen molar-refractivity contribution in [2.75, 3.05) is 0 Å². The molecule has 0 spiro atoms. The maximum Gasteiger partial charge on any atom is 0.115 e. The van der Waals surface area contributed by atoms with E-state index in [0.717, 1.165) is 6.42 Å². The minimum Gasteiger partial charge on any atom is -0.508 e. The highest BCUT2D eigenvalue weighted by Gasteiger charge is 2.40. The minimum atomic E-state index is -0.0844. The van der Waals surface area contributed by atoms with Crippen LogP contribution in [0, 0.1) is 0 Å². The number of aromatic hydroxyl groups is 1. The average molecular weight is 265 g/mol. The average Bonchev–Trinajstić information content (AvgIpc) is 2.27. The highest BCUT2D eigenvalue weighted by molar-refractivity contribution is 8.00. The second-order valence-corrected chi connectivity index (χ2v) is 7.84. The van der Waals surface area contributed by atoms with Crippen molar-refractivity contribution in [2.24, 2.45) is 5.73 Å². The molecule has 0 aromatic heterocycles. The summed E-state index contributed by atoms with van der Waals surface area (Å²) in [5.41, 5.74) is 8.92. The lowest BCUT2D eigenvalue weighted by Crippen LogP contribution is -2.52. The third-order valence-corrected chi connectivity index (χ3v) is 5.24. The van der Waals surface area contributed by atoms with E-state index in [1.54, 1.807) is 6.07 Å². The van der Waals surface area contributed by atoms with E-state index in [4.69, 9.17) is 5.73 Å². The Balaban J connectivity index is 2.40. The van der Waals surface area contributed by atoms with Crippen LogP contribution in [0.1, 0.15) is 38.8 Å². The van der Waals surface area contributed by atoms with Gasteiger partial charge in [-0.25, -0.2) is 0 Å². The molecule has 0 bridgehead atoms. The number of rotatable bonds is 2. The lowest BCUT2D eigenvalue weighted by molar-refractivity contribution is 0.369. The zero-order valence-electron chi connectivity index (χ0n) is 11.6. The Morgan fingerprint density at radius 1 is 1.39 bits per heavy atom. The highest BCUT2D eigenvalue weighted by atomic mass is 32.2. The van der Waals surface area contributed by atoms with Crippen molar-refractivity contribution in [1.29, 1.82) is 0 Å². The van der Waals surface area contributed by atoms with Gasteiger partial charge < -0.3 is 10.8 Å². The molecule has 1 aromatic rings. The molecule has 100 valence electrons. The first kappa shape index (κ1) is 13.8. The number of fused-ring (bicyclic) bond motifs is 1. The van der Waals surface area contributed by atoms with Gasteiger partial charge in [-0.1, -0.05) is 33.8 Å². The third kappa shape index (κ3) is 2.39. The van der Waals surface area contributed by atoms with Gasteiger partial charge in [-0.05, 0) is 34.9 Å². The summed E-state index contributed by atoms with van der Waals surface area (Å²) in [6, 6.07) is 5.83. The first-order chi connectivity index (χ1) is 8.32. The van der Waals surface area contributed by atoms with Gasteiger partial charge in [0.2, 0.25) is 0 Å². The van der Waals surface area contributed by atoms with E-state index in [2.05, 4.69) is 27.7 Å². The van der Waals surface area contributed by atoms with Gasteiger partial charge in [0.15, 0.2) is 0 Å². The number of hydrogen-bond acceptors (Lipinski definition) is 3. The summed E-state index contributed by atoms with van der Waals surface area (Å²) in [5.74, 6) is 0.337. The lowest BCUT2D eigenvalue weighted by atomic mass is 9.69. The van der Waals surface area contributed by atoms with E-state index in [9.17, 15) is 5.11 Å². The molecule has 3 N–H and O–H groups in total. The summed E-state index contributed by atoms with van der Waals surface area (Å²) in [6.07, 6.45) is 1.00. The highest BCUT2D eigenvalue weighted by Crippen LogP contribution is 2.42. The van der Waals surface area contributed by atoms with Crippen molar-refractivity contribution >= 4 is 11.8 Å². The molecule has 0 saturated carbocycles. The molecule has 0 unspecified atom stereocenters. The summed E-state index contributed by atoms with van der Waals surface area (Å²) in [6.45, 7) is 8.80. The molecule has 0 heterocycles. The number of phenolic OH excluding ortho intramolecular Hbond substituents is 1. The molecule has 1 aliphatic rings. The quantitative estimate of drug-likeness (QED) is 0.864. The van der Waals surface area contributed by atoms with Gasteiger partial charge in [-0.2, -0.15) is 11.8 Å². The molecule has 0 fully saturated rings. The predicted molar refractivity (Wildman–Crippen MR) is 79.3 cm³/mol. The van der Waals surface area contributed by atoms with Crippen molar-refractivity contribution in [3.8, 4) is 5.75 Å². The molecule has 0 aliphatic heterocycles. The predicted octanol–water partition coefficient (Wildman–Crippen LogP) is 3.06. The number of benzene rings is 1. The lowest BCUT2D eigenvalue weighted by Gasteiger charge is -2.43. The Bertz CT molecular complexity index is 442. The van der Waals surface area contributed by atoms with Crippen LogP contribution in [0.5, 0.6) is 5.75 Å². The van der Waals surface area contributed by atoms with E-state index in [1.165, 1.54) is 11.1 Å². The number of nitrogens with two attached hydrogens (primary N) is 1. The van der Waals surface area contributed by atoms with Gasteiger partial charge in [0.05, 0.1) is 0 Å². The van der Waals surface area contributed by atoms with Crippen molar-refractivity contribution in [2.45, 2.75) is 56.1 Å². The van der Waals surface area contributed by atoms with Gasteiger partial charge in [0.1, 0.15) is 5.75 Å². The zero-order chi connectivity index (χ0) is 13.5. The third-order valence-electron chi connectivity index (χ3n) is 3.89. The topological polar surface area (TPSA) is 46.2 Å². The Kier molecular flexibility index (Phi) is 3.65. The normalized spacial score (nSPS) is 26.1. The zero-order valence-corrected chi connectivity index (χ0v) is 12.4. The summed E-state index contributed by atoms with van der Waals surface area (Å²) >= 11 is 1.97. The largest absolute Gasteiger partial charge is 0.508 e. The Morgan fingerprint density at radius 3 is 2.67 bits per heavy atom. The van der Waals surface area contributed by atoms with Crippen molar-refractivity contribution in [3.63, 3.8) is 0 Å². The van der Waals surface area contributed by atoms with Gasteiger partial charge in [0.25, 0.3) is 0 Å². The van der Waals surface area contributed by atoms with Crippen LogP contribution in [0.25, 0.3) is 0 Å². The molecule has 1 aliphatic carbocycles. The molecule has 0 saturated heterocycles. The first-order valence-electron chi connectivity index (χ1n) is 6.55. The summed E-state index contributed by atoms with van der Waals surface area (Å²) < 4.78 is 0. The van der Waals surface area contributed by atoms with Crippen LogP contribution in [0.3, 0.4) is 0 Å². The monoisotopic (exact) mass is 265 g/mol. The van der Waals surface area contributed by atoms with E-state index < -0.39 is 0 Å². The molecule has 0 amide bonds. The molecule has 18 heavy (non-hydrogen) atoms. The molecule has 1 aromatic carbocycles. The van der Waals surface area contributed by atoms with Gasteiger partial charge >= 0.3 is 0 Å². The van der Waals surface area contributed by atoms with Gasteiger partial charge in [0, 0.05) is 16.7 Å². The molecule has 2 nitrogen and oxygen atoms in total. The Labute approximate surface area is 114 Å². The Morgan fingerprint density at radius 2 is 2.06 bits per heavy atom. The summed E-state index contributed by atoms with van der Waals surface area (Å²) in [7, 11) is 0. The van der Waals surface area contributed by atoms with E-state index in [-0.39, 0.29) is 11.5 Å². The van der Waals surface area contributed by atoms with E-state index in [0.29, 0.717) is 16.2 Å². The molecule has 2 atom stereocenters. The van der Waals surface area contributed by atoms with Crippen molar-refractivity contribution < 1.29 is 5.11 Å². The summed E-state index contributed by atoms with van der Waals surface area (Å²) in [5, 5.41) is 10.7. The molecule has 2 rings (SSSR count). The standard InChI is InChI=1S/C15H23NOS/c1-9(2)18-13-7-10-5-6-11(17)8-12(10)15(3,4)14(13)16/h5-6,8-9,13-14,17H,7,16H2,1-4H3/t13-,14+/m1/s1. The minimum absolute atomic E-state index is 0.0844.